The second-order valence-electron chi connectivity index (χ2n) is 8.89. The third-order valence-electron chi connectivity index (χ3n) is 6.73. The Labute approximate surface area is 147 Å². The molecule has 1 aliphatic heterocycles. The van der Waals surface area contributed by atoms with Gasteiger partial charge in [-0.25, -0.2) is 0 Å². The Bertz CT molecular complexity index is 766. The summed E-state index contributed by atoms with van der Waals surface area (Å²) in [5.74, 6) is -1.05. The lowest BCUT2D eigenvalue weighted by atomic mass is 9.49. The summed E-state index contributed by atoms with van der Waals surface area (Å²) in [5, 5.41) is 32.4. The zero-order valence-corrected chi connectivity index (χ0v) is 15.2. The van der Waals surface area contributed by atoms with Gasteiger partial charge in [-0.1, -0.05) is 34.1 Å². The molecule has 4 atom stereocenters. The van der Waals surface area contributed by atoms with E-state index in [-0.39, 0.29) is 34.7 Å². The van der Waals surface area contributed by atoms with Crippen LogP contribution in [0.5, 0.6) is 11.5 Å². The largest absolute Gasteiger partial charge is 0.504 e. The summed E-state index contributed by atoms with van der Waals surface area (Å²) in [7, 11) is 0. The van der Waals surface area contributed by atoms with Crippen LogP contribution in [-0.2, 0) is 14.9 Å². The normalized spacial score (nSPS) is 35.3. The van der Waals surface area contributed by atoms with E-state index in [0.717, 1.165) is 12.8 Å². The van der Waals surface area contributed by atoms with Crippen LogP contribution in [0.2, 0.25) is 0 Å². The maximum Gasteiger partial charge on any atom is 0.317 e. The second kappa shape index (κ2) is 4.91. The Balaban J connectivity index is 2.06. The average molecular weight is 346 g/mol. The molecule has 2 aliphatic carbocycles. The van der Waals surface area contributed by atoms with Gasteiger partial charge in [-0.2, -0.15) is 0 Å². The molecular weight excluding hydrogens is 320 g/mol. The molecule has 2 bridgehead atoms. The molecule has 3 aliphatic rings. The number of benzene rings is 1. The first-order valence-corrected chi connectivity index (χ1v) is 9.11. The Morgan fingerprint density at radius 3 is 2.52 bits per heavy atom. The Kier molecular flexibility index (Phi) is 3.28. The van der Waals surface area contributed by atoms with E-state index >= 15 is 0 Å². The van der Waals surface area contributed by atoms with Crippen LogP contribution in [0, 0.1) is 11.3 Å². The van der Waals surface area contributed by atoms with Gasteiger partial charge in [0.05, 0.1) is 0 Å². The molecule has 5 heteroatoms. The lowest BCUT2D eigenvalue weighted by molar-refractivity contribution is -0.148. The number of phenolic OH excluding ortho intramolecular Hbond substituents is 2. The SMILES string of the molecule is CC(C)c1cc2c(c(O)c1O)[C@@]13CCCC(C)(C)[C@@H]1[C@@H](OC3=O)[C@@H]2O. The molecule has 1 heterocycles. The minimum Gasteiger partial charge on any atom is -0.504 e. The molecule has 25 heavy (non-hydrogen) atoms. The third-order valence-corrected chi connectivity index (χ3v) is 6.73. The molecule has 5 nitrogen and oxygen atoms in total. The number of aliphatic hydroxyl groups excluding tert-OH is 1. The summed E-state index contributed by atoms with van der Waals surface area (Å²) in [5.41, 5.74) is 0.319. The lowest BCUT2D eigenvalue weighted by Crippen LogP contribution is -2.54. The monoisotopic (exact) mass is 346 g/mol. The van der Waals surface area contributed by atoms with Crippen molar-refractivity contribution in [2.75, 3.05) is 0 Å². The van der Waals surface area contributed by atoms with Crippen molar-refractivity contribution in [2.24, 2.45) is 11.3 Å². The Morgan fingerprint density at radius 1 is 1.20 bits per heavy atom. The molecule has 1 aromatic carbocycles. The first-order chi connectivity index (χ1) is 11.6. The van der Waals surface area contributed by atoms with Gasteiger partial charge in [-0.05, 0) is 35.8 Å². The number of hydrogen-bond acceptors (Lipinski definition) is 5. The van der Waals surface area contributed by atoms with Crippen molar-refractivity contribution in [1.29, 1.82) is 0 Å². The zero-order chi connectivity index (χ0) is 18.3. The Morgan fingerprint density at radius 2 is 1.88 bits per heavy atom. The summed E-state index contributed by atoms with van der Waals surface area (Å²) in [6.45, 7) is 8.02. The van der Waals surface area contributed by atoms with Crippen molar-refractivity contribution in [1.82, 2.24) is 0 Å². The highest BCUT2D eigenvalue weighted by molar-refractivity contribution is 5.90. The molecule has 0 amide bonds. The van der Waals surface area contributed by atoms with Gasteiger partial charge in [0.1, 0.15) is 17.6 Å². The summed E-state index contributed by atoms with van der Waals surface area (Å²) in [6.07, 6.45) is 0.767. The minimum atomic E-state index is -0.985. The summed E-state index contributed by atoms with van der Waals surface area (Å²) in [4.78, 5) is 13.0. The predicted octanol–water partition coefficient (Wildman–Crippen LogP) is 3.26. The first kappa shape index (κ1) is 16.7. The van der Waals surface area contributed by atoms with E-state index in [1.165, 1.54) is 0 Å². The van der Waals surface area contributed by atoms with E-state index in [4.69, 9.17) is 4.74 Å². The average Bonchev–Trinajstić information content (AvgIpc) is 2.79. The molecule has 2 fully saturated rings. The second-order valence-corrected chi connectivity index (χ2v) is 8.89. The highest BCUT2D eigenvalue weighted by Gasteiger charge is 2.70. The minimum absolute atomic E-state index is 0.0179. The molecular formula is C20H26O5. The smallest absolute Gasteiger partial charge is 0.317 e. The number of carbonyl (C=O) groups is 1. The topological polar surface area (TPSA) is 87.0 Å². The molecule has 3 N–H and O–H groups in total. The third kappa shape index (κ3) is 1.85. The highest BCUT2D eigenvalue weighted by atomic mass is 16.6. The van der Waals surface area contributed by atoms with Crippen LogP contribution in [-0.4, -0.2) is 27.4 Å². The van der Waals surface area contributed by atoms with Crippen molar-refractivity contribution >= 4 is 5.97 Å². The van der Waals surface area contributed by atoms with Gasteiger partial charge >= 0.3 is 5.97 Å². The van der Waals surface area contributed by atoms with Crippen LogP contribution in [0.3, 0.4) is 0 Å². The maximum absolute atomic E-state index is 13.0. The first-order valence-electron chi connectivity index (χ1n) is 9.11. The number of fused-ring (bicyclic) bond motifs is 1. The lowest BCUT2D eigenvalue weighted by Gasteiger charge is -2.51. The van der Waals surface area contributed by atoms with Crippen LogP contribution in [0.4, 0.5) is 0 Å². The quantitative estimate of drug-likeness (QED) is 0.537. The maximum atomic E-state index is 13.0. The van der Waals surface area contributed by atoms with Crippen molar-refractivity contribution < 1.29 is 24.9 Å². The van der Waals surface area contributed by atoms with Crippen molar-refractivity contribution in [2.45, 2.75) is 70.5 Å². The van der Waals surface area contributed by atoms with Gasteiger partial charge in [0.25, 0.3) is 0 Å². The standard InChI is InChI=1S/C20H26O5/c1-9(2)10-8-11-12(15(23)13(10)21)20-7-5-6-19(3,4)17(20)16(14(11)22)25-18(20)24/h8-9,14,16-17,21-23H,5-7H2,1-4H3/t14-,16+,17+,20+/m1/s1. The number of hydrogen-bond donors (Lipinski definition) is 3. The van der Waals surface area contributed by atoms with Crippen LogP contribution in [0.15, 0.2) is 6.07 Å². The molecule has 0 aromatic heterocycles. The van der Waals surface area contributed by atoms with Gasteiger partial charge in [-0.3, -0.25) is 4.79 Å². The van der Waals surface area contributed by atoms with Crippen molar-refractivity contribution in [3.63, 3.8) is 0 Å². The highest BCUT2D eigenvalue weighted by Crippen LogP contribution is 2.66. The fourth-order valence-corrected chi connectivity index (χ4v) is 5.70. The zero-order valence-electron chi connectivity index (χ0n) is 15.2. The molecule has 1 aromatic rings. The Hall–Kier alpha value is -1.75. The van der Waals surface area contributed by atoms with E-state index in [0.29, 0.717) is 23.1 Å². The number of phenols is 2. The van der Waals surface area contributed by atoms with Crippen LogP contribution in [0.25, 0.3) is 0 Å². The molecule has 0 unspecified atom stereocenters. The van der Waals surface area contributed by atoms with Crippen molar-refractivity contribution in [3.8, 4) is 11.5 Å². The summed E-state index contributed by atoms with van der Waals surface area (Å²) in [6, 6.07) is 1.74. The number of carbonyl (C=O) groups excluding carboxylic acids is 1. The van der Waals surface area contributed by atoms with Gasteiger partial charge in [0.2, 0.25) is 0 Å². The fourth-order valence-electron chi connectivity index (χ4n) is 5.70. The predicted molar refractivity (Wildman–Crippen MR) is 91.5 cm³/mol. The number of aliphatic hydroxyl groups is 1. The van der Waals surface area contributed by atoms with E-state index in [2.05, 4.69) is 13.8 Å². The number of ether oxygens (including phenoxy) is 1. The molecule has 1 saturated carbocycles. The molecule has 0 spiro atoms. The van der Waals surface area contributed by atoms with E-state index in [1.807, 2.05) is 13.8 Å². The van der Waals surface area contributed by atoms with E-state index < -0.39 is 17.6 Å². The summed E-state index contributed by atoms with van der Waals surface area (Å²) >= 11 is 0. The van der Waals surface area contributed by atoms with E-state index in [9.17, 15) is 20.1 Å². The van der Waals surface area contributed by atoms with Crippen LogP contribution >= 0.6 is 0 Å². The number of aromatic hydroxyl groups is 2. The molecule has 1 saturated heterocycles. The van der Waals surface area contributed by atoms with Gasteiger partial charge in [0.15, 0.2) is 11.5 Å². The van der Waals surface area contributed by atoms with E-state index in [1.54, 1.807) is 6.07 Å². The molecule has 4 rings (SSSR count). The van der Waals surface area contributed by atoms with Gasteiger partial charge in [-0.15, -0.1) is 0 Å². The van der Waals surface area contributed by atoms with Crippen LogP contribution in [0.1, 0.15) is 75.7 Å². The molecule has 136 valence electrons. The number of esters is 1. The number of rotatable bonds is 1. The van der Waals surface area contributed by atoms with Gasteiger partial charge in [0, 0.05) is 17.0 Å². The van der Waals surface area contributed by atoms with Crippen molar-refractivity contribution in [3.05, 3.63) is 22.8 Å². The van der Waals surface area contributed by atoms with Crippen LogP contribution < -0.4 is 0 Å². The van der Waals surface area contributed by atoms with Gasteiger partial charge < -0.3 is 20.1 Å². The molecule has 0 radical (unpaired) electrons. The summed E-state index contributed by atoms with van der Waals surface area (Å²) < 4.78 is 5.67. The fraction of sp³-hybridized carbons (Fsp3) is 0.650.